The van der Waals surface area contributed by atoms with Crippen molar-refractivity contribution in [3.05, 3.63) is 29.3 Å². The summed E-state index contributed by atoms with van der Waals surface area (Å²) in [5.41, 5.74) is 0.972. The van der Waals surface area contributed by atoms with Crippen LogP contribution < -0.4 is 10.2 Å². The molecule has 1 aliphatic rings. The lowest BCUT2D eigenvalue weighted by Crippen LogP contribution is -2.52. The standard InChI is InChI=1S/C18H27N7O2/c1-12(2)17-20-13(3)11-15(22-17)24-7-9-25(10-8-24)18(26)19-6-5-16-21-14(4)23-27-16/h11-12H,5-10H2,1-4H3,(H,19,26). The van der Waals surface area contributed by atoms with Gasteiger partial charge in [-0.3, -0.25) is 0 Å². The van der Waals surface area contributed by atoms with E-state index in [1.165, 1.54) is 0 Å². The topological polar surface area (TPSA) is 100 Å². The molecule has 9 nitrogen and oxygen atoms in total. The Morgan fingerprint density at radius 1 is 1.19 bits per heavy atom. The minimum Gasteiger partial charge on any atom is -0.353 e. The third-order valence-corrected chi connectivity index (χ3v) is 4.45. The highest BCUT2D eigenvalue weighted by Gasteiger charge is 2.22. The van der Waals surface area contributed by atoms with Gasteiger partial charge < -0.3 is 19.6 Å². The minimum absolute atomic E-state index is 0.0624. The van der Waals surface area contributed by atoms with Crippen LogP contribution in [0.1, 0.15) is 43.0 Å². The predicted octanol–water partition coefficient (Wildman–Crippen LogP) is 1.67. The number of nitrogens with zero attached hydrogens (tertiary/aromatic N) is 6. The molecule has 27 heavy (non-hydrogen) atoms. The van der Waals surface area contributed by atoms with Gasteiger partial charge in [-0.1, -0.05) is 19.0 Å². The summed E-state index contributed by atoms with van der Waals surface area (Å²) in [7, 11) is 0. The quantitative estimate of drug-likeness (QED) is 0.851. The number of hydrogen-bond donors (Lipinski definition) is 1. The van der Waals surface area contributed by atoms with Gasteiger partial charge >= 0.3 is 6.03 Å². The zero-order valence-electron chi connectivity index (χ0n) is 16.4. The van der Waals surface area contributed by atoms with Crippen molar-refractivity contribution in [1.29, 1.82) is 0 Å². The van der Waals surface area contributed by atoms with Crippen LogP contribution >= 0.6 is 0 Å². The molecule has 1 saturated heterocycles. The minimum atomic E-state index is -0.0624. The highest BCUT2D eigenvalue weighted by atomic mass is 16.5. The maximum absolute atomic E-state index is 12.3. The van der Waals surface area contributed by atoms with E-state index in [0.29, 0.717) is 43.7 Å². The van der Waals surface area contributed by atoms with E-state index in [1.807, 2.05) is 17.9 Å². The van der Waals surface area contributed by atoms with Crippen LogP contribution in [0.4, 0.5) is 10.6 Å². The lowest BCUT2D eigenvalue weighted by molar-refractivity contribution is 0.194. The first-order valence-corrected chi connectivity index (χ1v) is 9.35. The molecule has 146 valence electrons. The summed E-state index contributed by atoms with van der Waals surface area (Å²) in [6.07, 6.45) is 0.532. The van der Waals surface area contributed by atoms with Gasteiger partial charge in [0, 0.05) is 56.8 Å². The third-order valence-electron chi connectivity index (χ3n) is 4.45. The van der Waals surface area contributed by atoms with Crippen molar-refractivity contribution in [2.24, 2.45) is 0 Å². The van der Waals surface area contributed by atoms with Crippen molar-refractivity contribution in [1.82, 2.24) is 30.3 Å². The van der Waals surface area contributed by atoms with E-state index in [9.17, 15) is 4.79 Å². The molecule has 1 N–H and O–H groups in total. The average Bonchev–Trinajstić information content (AvgIpc) is 3.06. The first-order chi connectivity index (χ1) is 12.9. The maximum Gasteiger partial charge on any atom is 0.317 e. The summed E-state index contributed by atoms with van der Waals surface area (Å²) in [5, 5.41) is 6.65. The second-order valence-corrected chi connectivity index (χ2v) is 7.07. The zero-order chi connectivity index (χ0) is 19.4. The number of nitrogens with one attached hydrogen (secondary N) is 1. The van der Waals surface area contributed by atoms with E-state index in [2.05, 4.69) is 44.2 Å². The highest BCUT2D eigenvalue weighted by molar-refractivity contribution is 5.74. The summed E-state index contributed by atoms with van der Waals surface area (Å²) in [4.78, 5) is 29.7. The second kappa shape index (κ2) is 8.32. The number of piperazine rings is 1. The van der Waals surface area contributed by atoms with E-state index in [-0.39, 0.29) is 6.03 Å². The molecular formula is C18H27N7O2. The number of aryl methyl sites for hydroxylation is 2. The summed E-state index contributed by atoms with van der Waals surface area (Å²) < 4.78 is 5.05. The molecule has 0 radical (unpaired) electrons. The molecule has 1 fully saturated rings. The van der Waals surface area contributed by atoms with Gasteiger partial charge in [0.05, 0.1) is 0 Å². The van der Waals surface area contributed by atoms with Crippen LogP contribution in [0.25, 0.3) is 0 Å². The zero-order valence-corrected chi connectivity index (χ0v) is 16.4. The monoisotopic (exact) mass is 373 g/mol. The van der Waals surface area contributed by atoms with Crippen LogP contribution in [-0.2, 0) is 6.42 Å². The first kappa shape index (κ1) is 19.1. The van der Waals surface area contributed by atoms with Crippen molar-refractivity contribution in [3.63, 3.8) is 0 Å². The van der Waals surface area contributed by atoms with Crippen molar-refractivity contribution in [2.75, 3.05) is 37.6 Å². The smallest absolute Gasteiger partial charge is 0.317 e. The molecule has 1 aliphatic heterocycles. The fraction of sp³-hybridized carbons (Fsp3) is 0.611. The normalized spacial score (nSPS) is 14.7. The number of anilines is 1. The second-order valence-electron chi connectivity index (χ2n) is 7.07. The number of urea groups is 1. The SMILES string of the molecule is Cc1cc(N2CCN(C(=O)NCCc3nc(C)no3)CC2)nc(C(C)C)n1. The van der Waals surface area contributed by atoms with Gasteiger partial charge in [0.1, 0.15) is 11.6 Å². The van der Waals surface area contributed by atoms with Gasteiger partial charge in [0.15, 0.2) is 5.82 Å². The maximum atomic E-state index is 12.3. The summed E-state index contributed by atoms with van der Waals surface area (Å²) in [6.45, 7) is 11.3. The molecule has 2 aromatic heterocycles. The number of hydrogen-bond acceptors (Lipinski definition) is 7. The number of aromatic nitrogens is 4. The molecule has 0 aromatic carbocycles. The van der Waals surface area contributed by atoms with Crippen LogP contribution in [0.15, 0.2) is 10.6 Å². The van der Waals surface area contributed by atoms with Gasteiger partial charge in [0.25, 0.3) is 0 Å². The Labute approximate surface area is 159 Å². The average molecular weight is 373 g/mol. The summed E-state index contributed by atoms with van der Waals surface area (Å²) in [6, 6.07) is 1.95. The lowest BCUT2D eigenvalue weighted by atomic mass is 10.2. The molecule has 9 heteroatoms. The number of carbonyl (C=O) groups is 1. The lowest BCUT2D eigenvalue weighted by Gasteiger charge is -2.35. The van der Waals surface area contributed by atoms with Crippen LogP contribution in [0.3, 0.4) is 0 Å². The highest BCUT2D eigenvalue weighted by Crippen LogP contribution is 2.18. The summed E-state index contributed by atoms with van der Waals surface area (Å²) in [5.74, 6) is 3.24. The molecule has 0 unspecified atom stereocenters. The van der Waals surface area contributed by atoms with Crippen LogP contribution in [-0.4, -0.2) is 63.8 Å². The Bertz CT molecular complexity index is 782. The Balaban J connectivity index is 1.49. The van der Waals surface area contributed by atoms with Gasteiger partial charge in [-0.15, -0.1) is 0 Å². The molecule has 3 heterocycles. The number of amides is 2. The molecule has 3 rings (SSSR count). The van der Waals surface area contributed by atoms with Crippen LogP contribution in [0.5, 0.6) is 0 Å². The Morgan fingerprint density at radius 3 is 2.56 bits per heavy atom. The van der Waals surface area contributed by atoms with Gasteiger partial charge in [0.2, 0.25) is 5.89 Å². The third kappa shape index (κ3) is 4.93. The molecule has 0 saturated carbocycles. The van der Waals surface area contributed by atoms with E-state index in [4.69, 9.17) is 4.52 Å². The summed E-state index contributed by atoms with van der Waals surface area (Å²) >= 11 is 0. The van der Waals surface area contributed by atoms with Gasteiger partial charge in [-0.2, -0.15) is 4.98 Å². The Hall–Kier alpha value is -2.71. The van der Waals surface area contributed by atoms with Crippen LogP contribution in [0.2, 0.25) is 0 Å². The predicted molar refractivity (Wildman–Crippen MR) is 101 cm³/mol. The van der Waals surface area contributed by atoms with E-state index in [1.54, 1.807) is 6.92 Å². The first-order valence-electron chi connectivity index (χ1n) is 9.35. The molecule has 2 aromatic rings. The van der Waals surface area contributed by atoms with Crippen molar-refractivity contribution in [2.45, 2.75) is 40.0 Å². The molecule has 0 aliphatic carbocycles. The van der Waals surface area contributed by atoms with Gasteiger partial charge in [-0.25, -0.2) is 14.8 Å². The van der Waals surface area contributed by atoms with Crippen LogP contribution in [0, 0.1) is 13.8 Å². The molecule has 0 bridgehead atoms. The molecule has 2 amide bonds. The van der Waals surface area contributed by atoms with E-state index < -0.39 is 0 Å². The van der Waals surface area contributed by atoms with E-state index in [0.717, 1.165) is 30.4 Å². The van der Waals surface area contributed by atoms with E-state index >= 15 is 0 Å². The molecular weight excluding hydrogens is 346 g/mol. The molecule has 0 spiro atoms. The van der Waals surface area contributed by atoms with Crippen molar-refractivity contribution < 1.29 is 9.32 Å². The van der Waals surface area contributed by atoms with Gasteiger partial charge in [-0.05, 0) is 13.8 Å². The number of rotatable bonds is 5. The van der Waals surface area contributed by atoms with Crippen molar-refractivity contribution in [3.8, 4) is 0 Å². The fourth-order valence-corrected chi connectivity index (χ4v) is 2.96. The number of carbonyl (C=O) groups excluding carboxylic acids is 1. The fourth-order valence-electron chi connectivity index (χ4n) is 2.96. The largest absolute Gasteiger partial charge is 0.353 e. The Morgan fingerprint density at radius 2 is 1.93 bits per heavy atom. The van der Waals surface area contributed by atoms with Crippen molar-refractivity contribution >= 4 is 11.8 Å². The molecule has 0 atom stereocenters. The Kier molecular flexibility index (Phi) is 5.88.